The third kappa shape index (κ3) is 3.38. The van der Waals surface area contributed by atoms with Crippen LogP contribution in [0.5, 0.6) is 0 Å². The lowest BCUT2D eigenvalue weighted by Gasteiger charge is -2.44. The van der Waals surface area contributed by atoms with Crippen LogP contribution in [-0.2, 0) is 4.74 Å². The normalized spacial score (nSPS) is 27.1. The van der Waals surface area contributed by atoms with Crippen LogP contribution in [0.15, 0.2) is 24.5 Å². The number of fused-ring (bicyclic) bond motifs is 1. The number of nitriles is 1. The molecule has 3 saturated heterocycles. The first-order valence-electron chi connectivity index (χ1n) is 11.7. The number of hydrogen-bond donors (Lipinski definition) is 1. The quantitative estimate of drug-likeness (QED) is 0.819. The summed E-state index contributed by atoms with van der Waals surface area (Å²) in [5.74, 6) is 0.689. The van der Waals surface area contributed by atoms with Crippen LogP contribution in [0.25, 0.3) is 11.0 Å². The minimum absolute atomic E-state index is 0.0772. The number of aromatic nitrogens is 2. The molecule has 1 saturated carbocycles. The summed E-state index contributed by atoms with van der Waals surface area (Å²) < 4.78 is 6.18. The van der Waals surface area contributed by atoms with E-state index in [-0.39, 0.29) is 5.60 Å². The molecular weight excluding hydrogens is 388 g/mol. The van der Waals surface area contributed by atoms with Crippen LogP contribution in [0.3, 0.4) is 0 Å². The summed E-state index contributed by atoms with van der Waals surface area (Å²) in [6.45, 7) is 8.47. The van der Waals surface area contributed by atoms with E-state index in [0.29, 0.717) is 16.9 Å². The Morgan fingerprint density at radius 1 is 1.13 bits per heavy atom. The number of nitrogens with zero attached hydrogens (tertiary/aromatic N) is 5. The third-order valence-corrected chi connectivity index (χ3v) is 8.15. The van der Waals surface area contributed by atoms with Gasteiger partial charge in [-0.25, -0.2) is 0 Å². The Kier molecular flexibility index (Phi) is 4.64. The van der Waals surface area contributed by atoms with Gasteiger partial charge in [0, 0.05) is 58.2 Å². The maximum absolute atomic E-state index is 9.45. The maximum Gasteiger partial charge on any atom is 0.113 e. The molecular formula is C24H30N6O. The van der Waals surface area contributed by atoms with Gasteiger partial charge >= 0.3 is 0 Å². The van der Waals surface area contributed by atoms with E-state index in [2.05, 4.69) is 37.2 Å². The first-order chi connectivity index (χ1) is 15.2. The molecule has 1 aliphatic carbocycles. The molecule has 0 radical (unpaired) electrons. The van der Waals surface area contributed by atoms with E-state index in [9.17, 15) is 5.26 Å². The van der Waals surface area contributed by atoms with Gasteiger partial charge in [-0.1, -0.05) is 0 Å². The number of rotatable bonds is 3. The Labute approximate surface area is 183 Å². The average Bonchev–Trinajstić information content (AvgIpc) is 3.51. The summed E-state index contributed by atoms with van der Waals surface area (Å²) in [4.78, 5) is 14.2. The van der Waals surface area contributed by atoms with E-state index in [0.717, 1.165) is 75.4 Å². The molecule has 2 aromatic rings. The molecule has 7 nitrogen and oxygen atoms in total. The van der Waals surface area contributed by atoms with Crippen molar-refractivity contribution in [1.82, 2.24) is 20.2 Å². The molecule has 4 heterocycles. The number of ether oxygens (including phenoxy) is 1. The Bertz CT molecular complexity index is 1010. The van der Waals surface area contributed by atoms with Crippen LogP contribution in [-0.4, -0.2) is 72.9 Å². The van der Waals surface area contributed by atoms with Gasteiger partial charge in [0.1, 0.15) is 17.1 Å². The minimum atomic E-state index is 0.0772. The van der Waals surface area contributed by atoms with Gasteiger partial charge in [-0.2, -0.15) is 5.26 Å². The van der Waals surface area contributed by atoms with Crippen molar-refractivity contribution in [1.29, 1.82) is 5.26 Å². The molecule has 0 bridgehead atoms. The molecule has 1 aromatic heterocycles. The summed E-state index contributed by atoms with van der Waals surface area (Å²) in [6, 6.07) is 6.24. The number of hydrogen-bond acceptors (Lipinski definition) is 7. The standard InChI is InChI=1S/C24H30N6O/c25-13-18-1-2-20(22-21(18)27-7-8-28-22)30-15-19(23(17-30)3-4-23)14-29-10-5-24(6-11-29)16-26-9-12-31-24/h1-2,7-8,19,26H,3-6,9-12,14-17H2. The highest BCUT2D eigenvalue weighted by Crippen LogP contribution is 2.57. The summed E-state index contributed by atoms with van der Waals surface area (Å²) in [7, 11) is 0. The number of likely N-dealkylation sites (tertiary alicyclic amines) is 1. The maximum atomic E-state index is 9.45. The van der Waals surface area contributed by atoms with Crippen molar-refractivity contribution in [3.63, 3.8) is 0 Å². The number of nitrogens with one attached hydrogen (secondary N) is 1. The second-order valence-corrected chi connectivity index (χ2v) is 9.95. The molecule has 1 unspecified atom stereocenters. The fourth-order valence-electron chi connectivity index (χ4n) is 6.07. The van der Waals surface area contributed by atoms with Gasteiger partial charge in [0.15, 0.2) is 0 Å². The van der Waals surface area contributed by atoms with Crippen molar-refractivity contribution in [3.05, 3.63) is 30.1 Å². The Morgan fingerprint density at radius 3 is 2.65 bits per heavy atom. The van der Waals surface area contributed by atoms with Gasteiger partial charge in [-0.3, -0.25) is 9.97 Å². The molecule has 4 aliphatic rings. The Morgan fingerprint density at radius 2 is 1.94 bits per heavy atom. The summed E-state index contributed by atoms with van der Waals surface area (Å²) in [5, 5.41) is 13.0. The lowest BCUT2D eigenvalue weighted by atomic mass is 9.87. The third-order valence-electron chi connectivity index (χ3n) is 8.15. The van der Waals surface area contributed by atoms with Gasteiger partial charge in [-0.05, 0) is 49.1 Å². The molecule has 0 amide bonds. The van der Waals surface area contributed by atoms with Gasteiger partial charge in [0.25, 0.3) is 0 Å². The van der Waals surface area contributed by atoms with Crippen molar-refractivity contribution in [2.24, 2.45) is 11.3 Å². The van der Waals surface area contributed by atoms with Crippen molar-refractivity contribution >= 4 is 16.7 Å². The Hall–Kier alpha value is -2.27. The molecule has 31 heavy (non-hydrogen) atoms. The first kappa shape index (κ1) is 19.4. The van der Waals surface area contributed by atoms with E-state index in [1.807, 2.05) is 6.07 Å². The second kappa shape index (κ2) is 7.40. The van der Waals surface area contributed by atoms with Crippen LogP contribution < -0.4 is 10.2 Å². The van der Waals surface area contributed by atoms with E-state index in [1.165, 1.54) is 19.4 Å². The van der Waals surface area contributed by atoms with Crippen LogP contribution in [0.4, 0.5) is 5.69 Å². The zero-order valence-corrected chi connectivity index (χ0v) is 18.0. The van der Waals surface area contributed by atoms with Gasteiger partial charge < -0.3 is 19.9 Å². The van der Waals surface area contributed by atoms with Crippen LogP contribution in [0, 0.1) is 22.7 Å². The first-order valence-corrected chi connectivity index (χ1v) is 11.7. The molecule has 7 heteroatoms. The number of piperidine rings is 1. The molecule has 1 atom stereocenters. The molecule has 162 valence electrons. The summed E-state index contributed by atoms with van der Waals surface area (Å²) in [5.41, 5.74) is 3.85. The highest BCUT2D eigenvalue weighted by molar-refractivity contribution is 5.92. The van der Waals surface area contributed by atoms with E-state index < -0.39 is 0 Å². The molecule has 1 aromatic carbocycles. The molecule has 4 fully saturated rings. The van der Waals surface area contributed by atoms with Crippen molar-refractivity contribution in [2.75, 3.05) is 57.3 Å². The smallest absolute Gasteiger partial charge is 0.113 e. The lowest BCUT2D eigenvalue weighted by Crippen LogP contribution is -2.56. The van der Waals surface area contributed by atoms with Crippen molar-refractivity contribution in [2.45, 2.75) is 31.3 Å². The van der Waals surface area contributed by atoms with E-state index >= 15 is 0 Å². The second-order valence-electron chi connectivity index (χ2n) is 9.95. The van der Waals surface area contributed by atoms with Crippen LogP contribution >= 0.6 is 0 Å². The number of morpholine rings is 1. The van der Waals surface area contributed by atoms with Crippen molar-refractivity contribution in [3.8, 4) is 6.07 Å². The molecule has 3 aliphatic heterocycles. The van der Waals surface area contributed by atoms with Gasteiger partial charge in [0.2, 0.25) is 0 Å². The number of anilines is 1. The highest BCUT2D eigenvalue weighted by atomic mass is 16.5. The zero-order valence-electron chi connectivity index (χ0n) is 18.0. The minimum Gasteiger partial charge on any atom is -0.372 e. The molecule has 6 rings (SSSR count). The lowest BCUT2D eigenvalue weighted by molar-refractivity contribution is -0.101. The van der Waals surface area contributed by atoms with Gasteiger partial charge in [-0.15, -0.1) is 0 Å². The van der Waals surface area contributed by atoms with Crippen LogP contribution in [0.1, 0.15) is 31.2 Å². The van der Waals surface area contributed by atoms with Crippen molar-refractivity contribution < 1.29 is 4.74 Å². The van der Waals surface area contributed by atoms with E-state index in [1.54, 1.807) is 12.4 Å². The summed E-state index contributed by atoms with van der Waals surface area (Å²) >= 11 is 0. The molecule has 2 spiro atoms. The predicted octanol–water partition coefficient (Wildman–Crippen LogP) is 2.17. The fraction of sp³-hybridized carbons (Fsp3) is 0.625. The fourth-order valence-corrected chi connectivity index (χ4v) is 6.07. The predicted molar refractivity (Wildman–Crippen MR) is 119 cm³/mol. The highest BCUT2D eigenvalue weighted by Gasteiger charge is 2.55. The Balaban J connectivity index is 1.18. The van der Waals surface area contributed by atoms with Gasteiger partial charge in [0.05, 0.1) is 23.5 Å². The molecule has 1 N–H and O–H groups in total. The average molecular weight is 419 g/mol. The van der Waals surface area contributed by atoms with E-state index in [4.69, 9.17) is 4.74 Å². The topological polar surface area (TPSA) is 77.3 Å². The SMILES string of the molecule is N#Cc1ccc(N2CC(CN3CCC4(CC3)CNCCO4)C3(CC3)C2)c2nccnc12. The monoisotopic (exact) mass is 418 g/mol. The number of benzene rings is 1. The van der Waals surface area contributed by atoms with Crippen LogP contribution in [0.2, 0.25) is 0 Å². The largest absolute Gasteiger partial charge is 0.372 e. The summed E-state index contributed by atoms with van der Waals surface area (Å²) in [6.07, 6.45) is 8.35. The zero-order chi connectivity index (χ0) is 20.9.